The van der Waals surface area contributed by atoms with Crippen molar-refractivity contribution < 1.29 is 12.4 Å². The summed E-state index contributed by atoms with van der Waals surface area (Å²) in [5.41, 5.74) is 0. The zero-order chi connectivity index (χ0) is 8.48. The number of hydrogen-bond acceptors (Lipinski definition) is 2. The molecular formula is C8H14ClN3. The van der Waals surface area contributed by atoms with Crippen LogP contribution in [0, 0.1) is 6.92 Å². The normalized spacial score (nSPS) is 10.7. The van der Waals surface area contributed by atoms with Gasteiger partial charge in [-0.3, -0.25) is 4.48 Å². The SMILES string of the molecule is Cc1nccc([N+](C)(C)C)n1.[Cl-]. The van der Waals surface area contributed by atoms with E-state index >= 15 is 0 Å². The summed E-state index contributed by atoms with van der Waals surface area (Å²) >= 11 is 0. The predicted octanol–water partition coefficient (Wildman–Crippen LogP) is -2.01. The highest BCUT2D eigenvalue weighted by molar-refractivity contribution is 5.30. The highest BCUT2D eigenvalue weighted by atomic mass is 35.5. The van der Waals surface area contributed by atoms with Gasteiger partial charge in [0.2, 0.25) is 5.82 Å². The minimum absolute atomic E-state index is 0. The molecular weight excluding hydrogens is 174 g/mol. The lowest BCUT2D eigenvalue weighted by molar-refractivity contribution is -0.00000285. The number of rotatable bonds is 1. The third kappa shape index (κ3) is 2.75. The first-order chi connectivity index (χ1) is 5.00. The number of aromatic nitrogens is 2. The van der Waals surface area contributed by atoms with Gasteiger partial charge in [-0.05, 0) is 6.92 Å². The Labute approximate surface area is 79.5 Å². The second-order valence-electron chi connectivity index (χ2n) is 3.47. The summed E-state index contributed by atoms with van der Waals surface area (Å²) in [6, 6.07) is 1.94. The Bertz CT molecular complexity index is 255. The quantitative estimate of drug-likeness (QED) is 0.475. The third-order valence-corrected chi connectivity index (χ3v) is 1.45. The van der Waals surface area contributed by atoms with E-state index in [4.69, 9.17) is 0 Å². The first-order valence-corrected chi connectivity index (χ1v) is 3.62. The number of aryl methyl sites for hydroxylation is 1. The fourth-order valence-corrected chi connectivity index (χ4v) is 0.817. The van der Waals surface area contributed by atoms with Gasteiger partial charge in [-0.2, -0.15) is 4.98 Å². The van der Waals surface area contributed by atoms with Gasteiger partial charge < -0.3 is 12.4 Å². The van der Waals surface area contributed by atoms with Crippen molar-refractivity contribution in [3.8, 4) is 0 Å². The van der Waals surface area contributed by atoms with E-state index in [2.05, 4.69) is 31.1 Å². The minimum Gasteiger partial charge on any atom is -1.00 e. The molecule has 0 saturated heterocycles. The Hall–Kier alpha value is -0.670. The third-order valence-electron chi connectivity index (χ3n) is 1.45. The van der Waals surface area contributed by atoms with Crippen molar-refractivity contribution >= 4 is 5.82 Å². The Morgan fingerprint density at radius 2 is 1.83 bits per heavy atom. The molecule has 0 aliphatic heterocycles. The molecule has 0 spiro atoms. The highest BCUT2D eigenvalue weighted by Crippen LogP contribution is 2.10. The summed E-state index contributed by atoms with van der Waals surface area (Å²) in [5.74, 6) is 1.87. The Kier molecular flexibility index (Phi) is 3.61. The summed E-state index contributed by atoms with van der Waals surface area (Å²) in [4.78, 5) is 8.34. The smallest absolute Gasteiger partial charge is 0.230 e. The fourth-order valence-electron chi connectivity index (χ4n) is 0.817. The van der Waals surface area contributed by atoms with E-state index in [0.717, 1.165) is 16.1 Å². The summed E-state index contributed by atoms with van der Waals surface area (Å²) in [6.45, 7) is 1.90. The predicted molar refractivity (Wildman–Crippen MR) is 46.3 cm³/mol. The van der Waals surface area contributed by atoms with Gasteiger partial charge in [-0.15, -0.1) is 0 Å². The molecule has 0 saturated carbocycles. The molecule has 68 valence electrons. The van der Waals surface area contributed by atoms with Crippen LogP contribution in [0.25, 0.3) is 0 Å². The fraction of sp³-hybridized carbons (Fsp3) is 0.500. The number of halogens is 1. The molecule has 0 atom stereocenters. The van der Waals surface area contributed by atoms with Crippen LogP contribution >= 0.6 is 0 Å². The van der Waals surface area contributed by atoms with E-state index in [1.54, 1.807) is 6.20 Å². The maximum atomic E-state index is 4.31. The molecule has 1 aromatic heterocycles. The molecule has 1 heterocycles. The van der Waals surface area contributed by atoms with Crippen molar-refractivity contribution in [1.82, 2.24) is 14.5 Å². The molecule has 0 N–H and O–H groups in total. The second kappa shape index (κ2) is 3.83. The van der Waals surface area contributed by atoms with Crippen LogP contribution in [0.4, 0.5) is 5.82 Å². The topological polar surface area (TPSA) is 25.8 Å². The molecule has 0 bridgehead atoms. The Morgan fingerprint density at radius 1 is 1.25 bits per heavy atom. The average Bonchev–Trinajstić information content (AvgIpc) is 1.86. The van der Waals surface area contributed by atoms with Gasteiger partial charge in [0, 0.05) is 12.3 Å². The molecule has 0 fully saturated rings. The van der Waals surface area contributed by atoms with E-state index in [1.807, 2.05) is 13.0 Å². The molecule has 0 aromatic carbocycles. The number of quaternary nitrogens is 1. The maximum Gasteiger partial charge on any atom is 0.230 e. The minimum atomic E-state index is 0. The zero-order valence-electron chi connectivity index (χ0n) is 7.87. The van der Waals surface area contributed by atoms with Crippen LogP contribution in [0.2, 0.25) is 0 Å². The van der Waals surface area contributed by atoms with Crippen LogP contribution in [0.1, 0.15) is 5.82 Å². The van der Waals surface area contributed by atoms with E-state index in [9.17, 15) is 0 Å². The van der Waals surface area contributed by atoms with Crippen molar-refractivity contribution in [3.63, 3.8) is 0 Å². The highest BCUT2D eigenvalue weighted by Gasteiger charge is 2.12. The van der Waals surface area contributed by atoms with Crippen molar-refractivity contribution in [2.75, 3.05) is 21.1 Å². The molecule has 0 unspecified atom stereocenters. The maximum absolute atomic E-state index is 4.31. The van der Waals surface area contributed by atoms with Crippen LogP contribution in [-0.2, 0) is 0 Å². The van der Waals surface area contributed by atoms with Gasteiger partial charge in [0.25, 0.3) is 0 Å². The summed E-state index contributed by atoms with van der Waals surface area (Å²) in [5, 5.41) is 0. The first kappa shape index (κ1) is 11.3. The van der Waals surface area contributed by atoms with Crippen LogP contribution in [0.5, 0.6) is 0 Å². The summed E-state index contributed by atoms with van der Waals surface area (Å²) in [7, 11) is 6.26. The van der Waals surface area contributed by atoms with Crippen LogP contribution in [0.3, 0.4) is 0 Å². The molecule has 0 aliphatic rings. The van der Waals surface area contributed by atoms with Crippen LogP contribution in [0.15, 0.2) is 12.3 Å². The van der Waals surface area contributed by atoms with Gasteiger partial charge in [-0.1, -0.05) is 0 Å². The average molecular weight is 188 g/mol. The lowest BCUT2D eigenvalue weighted by Crippen LogP contribution is -3.00. The van der Waals surface area contributed by atoms with Crippen molar-refractivity contribution in [2.24, 2.45) is 0 Å². The van der Waals surface area contributed by atoms with Gasteiger partial charge in [0.1, 0.15) is 5.82 Å². The van der Waals surface area contributed by atoms with Gasteiger partial charge in [0.15, 0.2) is 0 Å². The number of hydrogen-bond donors (Lipinski definition) is 0. The molecule has 0 aliphatic carbocycles. The monoisotopic (exact) mass is 187 g/mol. The van der Waals surface area contributed by atoms with Crippen molar-refractivity contribution in [1.29, 1.82) is 0 Å². The largest absolute Gasteiger partial charge is 1.00 e. The van der Waals surface area contributed by atoms with E-state index in [0.29, 0.717) is 0 Å². The lowest BCUT2D eigenvalue weighted by Gasteiger charge is -2.21. The molecule has 1 rings (SSSR count). The van der Waals surface area contributed by atoms with E-state index in [1.165, 1.54) is 0 Å². The molecule has 0 radical (unpaired) electrons. The molecule has 4 heteroatoms. The molecule has 0 amide bonds. The van der Waals surface area contributed by atoms with Gasteiger partial charge in [-0.25, -0.2) is 4.98 Å². The van der Waals surface area contributed by atoms with Gasteiger partial charge >= 0.3 is 0 Å². The Balaban J connectivity index is 0.00000121. The van der Waals surface area contributed by atoms with Crippen molar-refractivity contribution in [2.45, 2.75) is 6.92 Å². The van der Waals surface area contributed by atoms with E-state index in [-0.39, 0.29) is 12.4 Å². The van der Waals surface area contributed by atoms with E-state index < -0.39 is 0 Å². The summed E-state index contributed by atoms with van der Waals surface area (Å²) < 4.78 is 0.739. The molecule has 12 heavy (non-hydrogen) atoms. The van der Waals surface area contributed by atoms with Crippen molar-refractivity contribution in [3.05, 3.63) is 18.1 Å². The number of nitrogens with zero attached hydrogens (tertiary/aromatic N) is 3. The van der Waals surface area contributed by atoms with Crippen LogP contribution < -0.4 is 16.9 Å². The summed E-state index contributed by atoms with van der Waals surface area (Å²) in [6.07, 6.45) is 1.79. The second-order valence-corrected chi connectivity index (χ2v) is 3.47. The van der Waals surface area contributed by atoms with Gasteiger partial charge in [0.05, 0.1) is 21.1 Å². The lowest BCUT2D eigenvalue weighted by atomic mass is 10.5. The zero-order valence-corrected chi connectivity index (χ0v) is 8.63. The Morgan fingerprint density at radius 3 is 2.17 bits per heavy atom. The molecule has 1 aromatic rings. The molecule has 3 nitrogen and oxygen atoms in total. The van der Waals surface area contributed by atoms with Crippen LogP contribution in [-0.4, -0.2) is 31.1 Å². The standard InChI is InChI=1S/C8H14N3.ClH/c1-7-9-6-5-8(10-7)11(2,3)4;/h5-6H,1-4H3;1H/q+1;/p-1. The first-order valence-electron chi connectivity index (χ1n) is 3.62.